The molecule has 3 heteroatoms. The van der Waals surface area contributed by atoms with E-state index in [4.69, 9.17) is 10.5 Å². The Morgan fingerprint density at radius 2 is 2.00 bits per heavy atom. The maximum Gasteiger partial charge on any atom is 0.123 e. The quantitative estimate of drug-likeness (QED) is 0.836. The Morgan fingerprint density at radius 3 is 2.56 bits per heavy atom. The third-order valence-electron chi connectivity index (χ3n) is 2.78. The maximum atomic E-state index is 13.2. The second kappa shape index (κ2) is 5.97. The lowest BCUT2D eigenvalue weighted by Gasteiger charge is -2.15. The van der Waals surface area contributed by atoms with Gasteiger partial charge in [0.05, 0.1) is 6.10 Å². The molecule has 2 nitrogen and oxygen atoms in total. The molecule has 0 aliphatic heterocycles. The summed E-state index contributed by atoms with van der Waals surface area (Å²) in [6, 6.07) is 4.83. The van der Waals surface area contributed by atoms with E-state index in [1.807, 2.05) is 19.9 Å². The first-order valence-electron chi connectivity index (χ1n) is 5.58. The van der Waals surface area contributed by atoms with Crippen LogP contribution in [-0.2, 0) is 4.74 Å². The number of hydrogen-bond donors (Lipinski definition) is 1. The number of ether oxygens (including phenoxy) is 1. The summed E-state index contributed by atoms with van der Waals surface area (Å²) in [4.78, 5) is 0. The molecule has 0 aromatic heterocycles. The molecule has 0 saturated carbocycles. The molecular weight excluding hydrogens is 205 g/mol. The van der Waals surface area contributed by atoms with Crippen LogP contribution in [-0.4, -0.2) is 13.2 Å². The third kappa shape index (κ3) is 3.91. The van der Waals surface area contributed by atoms with E-state index >= 15 is 0 Å². The minimum Gasteiger partial charge on any atom is -0.382 e. The largest absolute Gasteiger partial charge is 0.382 e. The summed E-state index contributed by atoms with van der Waals surface area (Å²) in [6.07, 6.45) is 1.88. The number of benzene rings is 1. The predicted molar refractivity (Wildman–Crippen MR) is 63.8 cm³/mol. The molecule has 2 N–H and O–H groups in total. The normalized spacial score (nSPS) is 14.8. The van der Waals surface area contributed by atoms with Gasteiger partial charge in [-0.15, -0.1) is 0 Å². The lowest BCUT2D eigenvalue weighted by Crippen LogP contribution is -2.14. The van der Waals surface area contributed by atoms with Gasteiger partial charge in [-0.3, -0.25) is 0 Å². The average molecular weight is 225 g/mol. The summed E-state index contributed by atoms with van der Waals surface area (Å²) in [5.41, 5.74) is 7.78. The summed E-state index contributed by atoms with van der Waals surface area (Å²) in [7, 11) is 1.68. The van der Waals surface area contributed by atoms with Crippen LogP contribution in [0.1, 0.15) is 36.9 Å². The first-order valence-corrected chi connectivity index (χ1v) is 5.58. The average Bonchev–Trinajstić information content (AvgIpc) is 2.23. The SMILES string of the molecule is COC(C)CCC(N)c1cc(C)cc(F)c1. The lowest BCUT2D eigenvalue weighted by molar-refractivity contribution is 0.107. The molecule has 1 aromatic rings. The van der Waals surface area contributed by atoms with Crippen LogP contribution in [0.4, 0.5) is 4.39 Å². The van der Waals surface area contributed by atoms with Gasteiger partial charge in [-0.1, -0.05) is 6.07 Å². The van der Waals surface area contributed by atoms with E-state index in [0.717, 1.165) is 24.0 Å². The highest BCUT2D eigenvalue weighted by Crippen LogP contribution is 2.19. The summed E-state index contributed by atoms with van der Waals surface area (Å²) in [5.74, 6) is -0.217. The van der Waals surface area contributed by atoms with E-state index < -0.39 is 0 Å². The number of halogens is 1. The van der Waals surface area contributed by atoms with Gasteiger partial charge in [0, 0.05) is 13.2 Å². The molecule has 0 bridgehead atoms. The standard InChI is InChI=1S/C13H20FNO/c1-9-6-11(8-12(14)7-9)13(15)5-4-10(2)16-3/h6-8,10,13H,4-5,15H2,1-3H3. The topological polar surface area (TPSA) is 35.2 Å². The van der Waals surface area contributed by atoms with Crippen LogP contribution in [0.25, 0.3) is 0 Å². The van der Waals surface area contributed by atoms with Crippen LogP contribution >= 0.6 is 0 Å². The molecule has 0 saturated heterocycles. The van der Waals surface area contributed by atoms with Crippen molar-refractivity contribution in [3.8, 4) is 0 Å². The Kier molecular flexibility index (Phi) is 4.90. The smallest absolute Gasteiger partial charge is 0.123 e. The Hall–Kier alpha value is -0.930. The molecule has 0 aliphatic rings. The first kappa shape index (κ1) is 13.1. The van der Waals surface area contributed by atoms with Crippen LogP contribution in [0.15, 0.2) is 18.2 Å². The molecule has 90 valence electrons. The zero-order valence-corrected chi connectivity index (χ0v) is 10.2. The molecule has 2 unspecified atom stereocenters. The summed E-state index contributed by atoms with van der Waals surface area (Å²) in [5, 5.41) is 0. The summed E-state index contributed by atoms with van der Waals surface area (Å²) in [6.45, 7) is 3.88. The highest BCUT2D eigenvalue weighted by molar-refractivity contribution is 5.25. The zero-order valence-electron chi connectivity index (χ0n) is 10.2. The van der Waals surface area contributed by atoms with Crippen LogP contribution in [0.5, 0.6) is 0 Å². The third-order valence-corrected chi connectivity index (χ3v) is 2.78. The number of rotatable bonds is 5. The molecule has 0 amide bonds. The molecule has 2 atom stereocenters. The number of hydrogen-bond acceptors (Lipinski definition) is 2. The van der Waals surface area contributed by atoms with Gasteiger partial charge in [0.25, 0.3) is 0 Å². The fourth-order valence-electron chi connectivity index (χ4n) is 1.68. The molecule has 1 aromatic carbocycles. The van der Waals surface area contributed by atoms with Crippen molar-refractivity contribution in [1.29, 1.82) is 0 Å². The second-order valence-electron chi connectivity index (χ2n) is 4.29. The Labute approximate surface area is 96.6 Å². The predicted octanol–water partition coefficient (Wildman–Crippen LogP) is 2.95. The van der Waals surface area contributed by atoms with E-state index in [1.54, 1.807) is 7.11 Å². The van der Waals surface area contributed by atoms with E-state index in [2.05, 4.69) is 0 Å². The van der Waals surface area contributed by atoms with Crippen molar-refractivity contribution in [3.05, 3.63) is 35.1 Å². The monoisotopic (exact) mass is 225 g/mol. The molecule has 0 spiro atoms. The molecule has 0 fully saturated rings. The fraction of sp³-hybridized carbons (Fsp3) is 0.538. The van der Waals surface area contributed by atoms with Crippen molar-refractivity contribution < 1.29 is 9.13 Å². The summed E-state index contributed by atoms with van der Waals surface area (Å²) >= 11 is 0. The van der Waals surface area contributed by atoms with Crippen LogP contribution in [0.2, 0.25) is 0 Å². The van der Waals surface area contributed by atoms with Crippen LogP contribution in [0.3, 0.4) is 0 Å². The van der Waals surface area contributed by atoms with Crippen molar-refractivity contribution >= 4 is 0 Å². The van der Waals surface area contributed by atoms with Crippen molar-refractivity contribution in [2.24, 2.45) is 5.73 Å². The molecule has 0 aliphatic carbocycles. The van der Waals surface area contributed by atoms with Crippen molar-refractivity contribution in [2.45, 2.75) is 38.8 Å². The van der Waals surface area contributed by atoms with Gasteiger partial charge in [0.15, 0.2) is 0 Å². The minimum atomic E-state index is -0.217. The van der Waals surface area contributed by atoms with Crippen molar-refractivity contribution in [2.75, 3.05) is 7.11 Å². The lowest BCUT2D eigenvalue weighted by atomic mass is 9.99. The van der Waals surface area contributed by atoms with Crippen LogP contribution in [0, 0.1) is 12.7 Å². The number of methoxy groups -OCH3 is 1. The Balaban J connectivity index is 2.62. The number of nitrogens with two attached hydrogens (primary N) is 1. The van der Waals surface area contributed by atoms with E-state index in [0.29, 0.717) is 0 Å². The second-order valence-corrected chi connectivity index (χ2v) is 4.29. The van der Waals surface area contributed by atoms with Gasteiger partial charge >= 0.3 is 0 Å². The van der Waals surface area contributed by atoms with Gasteiger partial charge in [-0.25, -0.2) is 4.39 Å². The zero-order chi connectivity index (χ0) is 12.1. The van der Waals surface area contributed by atoms with Gasteiger partial charge in [0.2, 0.25) is 0 Å². The maximum absolute atomic E-state index is 13.2. The highest BCUT2D eigenvalue weighted by atomic mass is 19.1. The number of aryl methyl sites for hydroxylation is 1. The Morgan fingerprint density at radius 1 is 1.31 bits per heavy atom. The van der Waals surface area contributed by atoms with E-state index in [9.17, 15) is 4.39 Å². The summed E-state index contributed by atoms with van der Waals surface area (Å²) < 4.78 is 18.3. The van der Waals surface area contributed by atoms with Gasteiger partial charge in [0.1, 0.15) is 5.82 Å². The molecule has 1 rings (SSSR count). The molecule has 0 radical (unpaired) electrons. The first-order chi connectivity index (χ1) is 7.52. The van der Waals surface area contributed by atoms with Crippen molar-refractivity contribution in [1.82, 2.24) is 0 Å². The highest BCUT2D eigenvalue weighted by Gasteiger charge is 2.10. The van der Waals surface area contributed by atoms with Gasteiger partial charge in [-0.2, -0.15) is 0 Å². The van der Waals surface area contributed by atoms with E-state index in [-0.39, 0.29) is 18.0 Å². The molecule has 16 heavy (non-hydrogen) atoms. The minimum absolute atomic E-state index is 0.119. The van der Waals surface area contributed by atoms with Gasteiger partial charge < -0.3 is 10.5 Å². The molecule has 0 heterocycles. The molecular formula is C13H20FNO. The Bertz CT molecular complexity index is 320. The van der Waals surface area contributed by atoms with Crippen LogP contribution < -0.4 is 5.73 Å². The van der Waals surface area contributed by atoms with Crippen molar-refractivity contribution in [3.63, 3.8) is 0 Å². The van der Waals surface area contributed by atoms with E-state index in [1.165, 1.54) is 12.1 Å². The van der Waals surface area contributed by atoms with Gasteiger partial charge in [-0.05, 0) is 49.9 Å². The fourth-order valence-corrected chi connectivity index (χ4v) is 1.68.